The predicted octanol–water partition coefficient (Wildman–Crippen LogP) is 2.07. The molecule has 4 nitrogen and oxygen atoms in total. The van der Waals surface area contributed by atoms with Crippen molar-refractivity contribution in [3.8, 4) is 0 Å². The highest BCUT2D eigenvalue weighted by atomic mass is 19.1. The molecule has 0 aliphatic rings. The van der Waals surface area contributed by atoms with Crippen LogP contribution < -0.4 is 5.73 Å². The van der Waals surface area contributed by atoms with E-state index in [2.05, 4.69) is 4.98 Å². The van der Waals surface area contributed by atoms with Crippen LogP contribution in [0.2, 0.25) is 0 Å². The lowest BCUT2D eigenvalue weighted by atomic mass is 10.2. The highest BCUT2D eigenvalue weighted by Gasteiger charge is 2.19. The molecule has 0 aliphatic heterocycles. The van der Waals surface area contributed by atoms with Gasteiger partial charge in [0, 0.05) is 19.3 Å². The molecular weight excluding hydrogens is 221 g/mol. The Hall–Kier alpha value is -1.65. The Morgan fingerprint density at radius 2 is 2.24 bits per heavy atom. The molecule has 0 bridgehead atoms. The maximum atomic E-state index is 13.6. The zero-order chi connectivity index (χ0) is 12.8. The molecule has 1 aromatic heterocycles. The topological polar surface area (TPSA) is 59.2 Å². The van der Waals surface area contributed by atoms with Crippen LogP contribution in [-0.4, -0.2) is 28.9 Å². The minimum atomic E-state index is -0.729. The number of anilines is 1. The number of nitrogens with two attached hydrogens (primary N) is 1. The minimum absolute atomic E-state index is 0.00421. The van der Waals surface area contributed by atoms with Crippen molar-refractivity contribution >= 4 is 11.7 Å². The zero-order valence-corrected chi connectivity index (χ0v) is 10.2. The van der Waals surface area contributed by atoms with E-state index in [1.807, 2.05) is 13.8 Å². The Bertz CT molecular complexity index is 395. The first-order valence-corrected chi connectivity index (χ1v) is 5.81. The van der Waals surface area contributed by atoms with Crippen LogP contribution in [0.1, 0.15) is 37.0 Å². The summed E-state index contributed by atoms with van der Waals surface area (Å²) in [6, 6.07) is 1.36. The van der Waals surface area contributed by atoms with Crippen molar-refractivity contribution in [1.29, 1.82) is 0 Å². The summed E-state index contributed by atoms with van der Waals surface area (Å²) in [5.41, 5.74) is 5.34. The highest BCUT2D eigenvalue weighted by molar-refractivity contribution is 5.95. The average molecular weight is 239 g/mol. The molecule has 1 heterocycles. The summed E-state index contributed by atoms with van der Waals surface area (Å²) < 4.78 is 13.6. The van der Waals surface area contributed by atoms with Gasteiger partial charge in [-0.3, -0.25) is 4.79 Å². The third kappa shape index (κ3) is 3.15. The van der Waals surface area contributed by atoms with Gasteiger partial charge < -0.3 is 10.6 Å². The molecule has 0 radical (unpaired) electrons. The van der Waals surface area contributed by atoms with E-state index in [0.29, 0.717) is 13.1 Å². The van der Waals surface area contributed by atoms with Gasteiger partial charge in [-0.25, -0.2) is 9.37 Å². The monoisotopic (exact) mass is 239 g/mol. The van der Waals surface area contributed by atoms with Crippen LogP contribution in [0.5, 0.6) is 0 Å². The van der Waals surface area contributed by atoms with Crippen molar-refractivity contribution < 1.29 is 9.18 Å². The highest BCUT2D eigenvalue weighted by Crippen LogP contribution is 2.14. The molecule has 0 aliphatic carbocycles. The normalized spacial score (nSPS) is 10.3. The number of rotatable bonds is 5. The fraction of sp³-hybridized carbons (Fsp3) is 0.500. The summed E-state index contributed by atoms with van der Waals surface area (Å²) in [6.07, 6.45) is 3.24. The van der Waals surface area contributed by atoms with E-state index < -0.39 is 5.82 Å². The number of nitrogens with zero attached hydrogens (tertiary/aromatic N) is 2. The maximum Gasteiger partial charge on any atom is 0.257 e. The van der Waals surface area contributed by atoms with Crippen molar-refractivity contribution in [2.24, 2.45) is 0 Å². The smallest absolute Gasteiger partial charge is 0.257 e. The van der Waals surface area contributed by atoms with Gasteiger partial charge in [0.25, 0.3) is 5.91 Å². The number of hydrogen-bond acceptors (Lipinski definition) is 3. The van der Waals surface area contributed by atoms with E-state index in [-0.39, 0.29) is 17.3 Å². The van der Waals surface area contributed by atoms with Crippen molar-refractivity contribution in [3.63, 3.8) is 0 Å². The summed E-state index contributed by atoms with van der Waals surface area (Å²) in [7, 11) is 0. The lowest BCUT2D eigenvalue weighted by Gasteiger charge is -2.20. The molecule has 0 atom stereocenters. The largest absolute Gasteiger partial charge is 0.381 e. The zero-order valence-electron chi connectivity index (χ0n) is 10.2. The lowest BCUT2D eigenvalue weighted by molar-refractivity contribution is 0.0757. The van der Waals surface area contributed by atoms with Crippen LogP contribution in [0.15, 0.2) is 12.3 Å². The molecule has 0 unspecified atom stereocenters. The number of amides is 1. The molecule has 1 aromatic rings. The van der Waals surface area contributed by atoms with Crippen molar-refractivity contribution in [2.75, 3.05) is 18.8 Å². The first-order chi connectivity index (χ1) is 8.11. The van der Waals surface area contributed by atoms with Crippen molar-refractivity contribution in [3.05, 3.63) is 23.6 Å². The molecule has 17 heavy (non-hydrogen) atoms. The third-order valence-electron chi connectivity index (χ3n) is 2.60. The number of carbonyl (C=O) groups is 1. The van der Waals surface area contributed by atoms with Crippen LogP contribution >= 0.6 is 0 Å². The van der Waals surface area contributed by atoms with Gasteiger partial charge in [0.15, 0.2) is 11.6 Å². The van der Waals surface area contributed by atoms with Gasteiger partial charge in [0.05, 0.1) is 5.56 Å². The number of hydrogen-bond donors (Lipinski definition) is 1. The fourth-order valence-electron chi connectivity index (χ4n) is 1.55. The van der Waals surface area contributed by atoms with E-state index in [1.54, 1.807) is 4.90 Å². The molecule has 1 amide bonds. The van der Waals surface area contributed by atoms with Crippen LogP contribution in [0.4, 0.5) is 10.2 Å². The van der Waals surface area contributed by atoms with Gasteiger partial charge >= 0.3 is 0 Å². The van der Waals surface area contributed by atoms with E-state index in [1.165, 1.54) is 12.3 Å². The number of nitrogen functional groups attached to an aromatic ring is 1. The number of aromatic nitrogens is 1. The molecule has 0 saturated heterocycles. The Morgan fingerprint density at radius 3 is 2.82 bits per heavy atom. The van der Waals surface area contributed by atoms with Gasteiger partial charge in [-0.2, -0.15) is 0 Å². The summed E-state index contributed by atoms with van der Waals surface area (Å²) in [6.45, 7) is 5.10. The Morgan fingerprint density at radius 1 is 1.53 bits per heavy atom. The maximum absolute atomic E-state index is 13.6. The van der Waals surface area contributed by atoms with Gasteiger partial charge in [-0.15, -0.1) is 0 Å². The van der Waals surface area contributed by atoms with Crippen molar-refractivity contribution in [2.45, 2.75) is 26.7 Å². The summed E-state index contributed by atoms with van der Waals surface area (Å²) in [4.78, 5) is 17.3. The first kappa shape index (κ1) is 13.4. The Balaban J connectivity index is 2.90. The van der Waals surface area contributed by atoms with Crippen molar-refractivity contribution in [1.82, 2.24) is 9.88 Å². The standard InChI is InChI=1S/C12H18FN3O/c1-3-5-8-16(4-2)12(17)9-6-7-15-11(14)10(9)13/h6-7H,3-5,8H2,1-2H3,(H2,14,15). The van der Waals surface area contributed by atoms with Gasteiger partial charge in [0.1, 0.15) is 0 Å². The van der Waals surface area contributed by atoms with Gasteiger partial charge in [0.2, 0.25) is 0 Å². The molecule has 1 rings (SSSR count). The third-order valence-corrected chi connectivity index (χ3v) is 2.60. The van der Waals surface area contributed by atoms with Crippen LogP contribution in [0.25, 0.3) is 0 Å². The molecule has 2 N–H and O–H groups in total. The summed E-state index contributed by atoms with van der Waals surface area (Å²) >= 11 is 0. The molecule has 0 spiro atoms. The molecule has 0 fully saturated rings. The second-order valence-electron chi connectivity index (χ2n) is 3.80. The molecule has 94 valence electrons. The summed E-state index contributed by atoms with van der Waals surface area (Å²) in [5, 5.41) is 0. The number of pyridine rings is 1. The van der Waals surface area contributed by atoms with Crippen LogP contribution in [0, 0.1) is 5.82 Å². The van der Waals surface area contributed by atoms with Crippen LogP contribution in [-0.2, 0) is 0 Å². The number of halogens is 1. The molecule has 0 saturated carbocycles. The lowest BCUT2D eigenvalue weighted by Crippen LogP contribution is -2.32. The number of carbonyl (C=O) groups excluding carboxylic acids is 1. The van der Waals surface area contributed by atoms with E-state index in [0.717, 1.165) is 12.8 Å². The second-order valence-corrected chi connectivity index (χ2v) is 3.80. The van der Waals surface area contributed by atoms with E-state index >= 15 is 0 Å². The fourth-order valence-corrected chi connectivity index (χ4v) is 1.55. The SMILES string of the molecule is CCCCN(CC)C(=O)c1ccnc(N)c1F. The second kappa shape index (κ2) is 6.18. The number of unbranched alkanes of at least 4 members (excludes halogenated alkanes) is 1. The van der Waals surface area contributed by atoms with Crippen LogP contribution in [0.3, 0.4) is 0 Å². The molecule has 5 heteroatoms. The van der Waals surface area contributed by atoms with Gasteiger partial charge in [-0.05, 0) is 19.4 Å². The first-order valence-electron chi connectivity index (χ1n) is 5.81. The predicted molar refractivity (Wildman–Crippen MR) is 65.1 cm³/mol. The Labute approximate surface area is 101 Å². The van der Waals surface area contributed by atoms with E-state index in [9.17, 15) is 9.18 Å². The summed E-state index contributed by atoms with van der Waals surface area (Å²) in [5.74, 6) is -1.29. The van der Waals surface area contributed by atoms with Gasteiger partial charge in [-0.1, -0.05) is 13.3 Å². The average Bonchev–Trinajstić information content (AvgIpc) is 2.33. The minimum Gasteiger partial charge on any atom is -0.381 e. The Kier molecular flexibility index (Phi) is 4.87. The molecule has 0 aromatic carbocycles. The quantitative estimate of drug-likeness (QED) is 0.855. The molecular formula is C12H18FN3O. The van der Waals surface area contributed by atoms with E-state index in [4.69, 9.17) is 5.73 Å².